The molecule has 1 fully saturated rings. The van der Waals surface area contributed by atoms with E-state index in [1.807, 2.05) is 0 Å². The molecule has 5 nitrogen and oxygen atoms in total. The lowest BCUT2D eigenvalue weighted by Gasteiger charge is -2.16. The molecule has 0 aromatic carbocycles. The molecular formula is C7H14O5. The molecule has 1 aliphatic heterocycles. The fourth-order valence-corrected chi connectivity index (χ4v) is 1.29. The van der Waals surface area contributed by atoms with Gasteiger partial charge in [0.25, 0.3) is 0 Å². The van der Waals surface area contributed by atoms with Crippen LogP contribution >= 0.6 is 0 Å². The van der Waals surface area contributed by atoms with Crippen LogP contribution in [-0.4, -0.2) is 55.6 Å². The number of rotatable bonds is 3. The fourth-order valence-electron chi connectivity index (χ4n) is 1.29. The van der Waals surface area contributed by atoms with Crippen LogP contribution in [0.15, 0.2) is 0 Å². The van der Waals surface area contributed by atoms with Crippen LogP contribution in [-0.2, 0) is 14.2 Å². The summed E-state index contributed by atoms with van der Waals surface area (Å²) in [5, 5.41) is 18.2. The molecule has 0 saturated carbocycles. The van der Waals surface area contributed by atoms with Crippen LogP contribution in [0.1, 0.15) is 0 Å². The first-order valence-electron chi connectivity index (χ1n) is 3.74. The van der Waals surface area contributed by atoms with Crippen molar-refractivity contribution >= 4 is 0 Å². The van der Waals surface area contributed by atoms with Crippen molar-refractivity contribution in [2.75, 3.05) is 20.8 Å². The quantitative estimate of drug-likeness (QED) is 0.563. The van der Waals surface area contributed by atoms with Gasteiger partial charge < -0.3 is 24.4 Å². The monoisotopic (exact) mass is 178 g/mol. The molecule has 0 radical (unpaired) electrons. The Kier molecular flexibility index (Phi) is 3.42. The van der Waals surface area contributed by atoms with Crippen molar-refractivity contribution in [1.29, 1.82) is 0 Å². The molecule has 5 heteroatoms. The SMILES string of the molecule is COC1[C@H](OC)O[C@H](CO)[C@@H]1O. The molecule has 1 saturated heterocycles. The first-order chi connectivity index (χ1) is 5.74. The first kappa shape index (κ1) is 9.88. The minimum absolute atomic E-state index is 0.235. The lowest BCUT2D eigenvalue weighted by atomic mass is 10.1. The molecule has 0 aromatic heterocycles. The number of aliphatic hydroxyl groups is 2. The Labute approximate surface area is 70.9 Å². The topological polar surface area (TPSA) is 68.2 Å². The summed E-state index contributed by atoms with van der Waals surface area (Å²) in [4.78, 5) is 0. The van der Waals surface area contributed by atoms with Gasteiger partial charge in [0.1, 0.15) is 18.3 Å². The maximum atomic E-state index is 9.46. The van der Waals surface area contributed by atoms with E-state index < -0.39 is 24.6 Å². The van der Waals surface area contributed by atoms with Gasteiger partial charge in [-0.3, -0.25) is 0 Å². The van der Waals surface area contributed by atoms with Crippen molar-refractivity contribution in [3.63, 3.8) is 0 Å². The summed E-state index contributed by atoms with van der Waals surface area (Å²) in [6, 6.07) is 0. The van der Waals surface area contributed by atoms with E-state index in [4.69, 9.17) is 19.3 Å². The average Bonchev–Trinajstić information content (AvgIpc) is 2.41. The van der Waals surface area contributed by atoms with Gasteiger partial charge in [0, 0.05) is 14.2 Å². The third-order valence-corrected chi connectivity index (χ3v) is 1.98. The smallest absolute Gasteiger partial charge is 0.186 e. The Morgan fingerprint density at radius 3 is 2.33 bits per heavy atom. The molecule has 4 atom stereocenters. The molecule has 0 aromatic rings. The summed E-state index contributed by atoms with van der Waals surface area (Å²) in [7, 11) is 2.92. The van der Waals surface area contributed by atoms with Crippen molar-refractivity contribution in [3.05, 3.63) is 0 Å². The van der Waals surface area contributed by atoms with E-state index in [-0.39, 0.29) is 6.61 Å². The predicted molar refractivity (Wildman–Crippen MR) is 39.6 cm³/mol. The zero-order valence-electron chi connectivity index (χ0n) is 7.14. The minimum atomic E-state index is -0.829. The second kappa shape index (κ2) is 4.15. The largest absolute Gasteiger partial charge is 0.394 e. The number of ether oxygens (including phenoxy) is 3. The predicted octanol–water partition coefficient (Wildman–Crippen LogP) is -1.27. The van der Waals surface area contributed by atoms with Gasteiger partial charge in [-0.1, -0.05) is 0 Å². The molecule has 0 amide bonds. The molecule has 12 heavy (non-hydrogen) atoms. The van der Waals surface area contributed by atoms with Crippen LogP contribution in [0.5, 0.6) is 0 Å². The Bertz CT molecular complexity index is 138. The third kappa shape index (κ3) is 1.60. The summed E-state index contributed by atoms with van der Waals surface area (Å²) < 4.78 is 15.0. The molecule has 1 heterocycles. The van der Waals surface area contributed by atoms with Crippen molar-refractivity contribution in [3.8, 4) is 0 Å². The molecule has 0 bridgehead atoms. The second-order valence-electron chi connectivity index (χ2n) is 2.65. The van der Waals surface area contributed by atoms with Crippen LogP contribution in [0.4, 0.5) is 0 Å². The molecule has 1 rings (SSSR count). The number of methoxy groups -OCH3 is 2. The van der Waals surface area contributed by atoms with Crippen LogP contribution < -0.4 is 0 Å². The van der Waals surface area contributed by atoms with E-state index in [1.54, 1.807) is 0 Å². The van der Waals surface area contributed by atoms with Gasteiger partial charge in [-0.15, -0.1) is 0 Å². The summed E-state index contributed by atoms with van der Waals surface area (Å²) in [6.45, 7) is -0.235. The van der Waals surface area contributed by atoms with Crippen molar-refractivity contribution in [2.24, 2.45) is 0 Å². The highest BCUT2D eigenvalue weighted by Gasteiger charge is 2.43. The Morgan fingerprint density at radius 2 is 2.00 bits per heavy atom. The Hall–Kier alpha value is -0.200. The van der Waals surface area contributed by atoms with Gasteiger partial charge in [0.2, 0.25) is 0 Å². The van der Waals surface area contributed by atoms with Crippen LogP contribution in [0.3, 0.4) is 0 Å². The van der Waals surface area contributed by atoms with Gasteiger partial charge in [-0.2, -0.15) is 0 Å². The van der Waals surface area contributed by atoms with E-state index >= 15 is 0 Å². The van der Waals surface area contributed by atoms with E-state index in [0.717, 1.165) is 0 Å². The van der Waals surface area contributed by atoms with E-state index in [1.165, 1.54) is 14.2 Å². The van der Waals surface area contributed by atoms with Gasteiger partial charge in [-0.25, -0.2) is 0 Å². The van der Waals surface area contributed by atoms with Crippen molar-refractivity contribution in [2.45, 2.75) is 24.6 Å². The average molecular weight is 178 g/mol. The zero-order valence-corrected chi connectivity index (χ0v) is 7.14. The zero-order chi connectivity index (χ0) is 9.14. The second-order valence-corrected chi connectivity index (χ2v) is 2.65. The highest BCUT2D eigenvalue weighted by Crippen LogP contribution is 2.23. The van der Waals surface area contributed by atoms with Crippen LogP contribution in [0.25, 0.3) is 0 Å². The standard InChI is InChI=1S/C7H14O5/c1-10-6-5(9)4(3-8)12-7(6)11-2/h4-9H,3H2,1-2H3/t4-,5+,6?,7-/m1/s1. The molecule has 0 aliphatic carbocycles. The highest BCUT2D eigenvalue weighted by atomic mass is 16.7. The summed E-state index contributed by atoms with van der Waals surface area (Å²) >= 11 is 0. The van der Waals surface area contributed by atoms with Gasteiger partial charge in [-0.05, 0) is 0 Å². The minimum Gasteiger partial charge on any atom is -0.394 e. The van der Waals surface area contributed by atoms with Gasteiger partial charge in [0.05, 0.1) is 6.61 Å². The highest BCUT2D eigenvalue weighted by molar-refractivity contribution is 4.87. The third-order valence-electron chi connectivity index (χ3n) is 1.98. The van der Waals surface area contributed by atoms with Gasteiger partial charge >= 0.3 is 0 Å². The number of hydrogen-bond donors (Lipinski definition) is 2. The summed E-state index contributed by atoms with van der Waals surface area (Å²) in [6.07, 6.45) is -2.56. The Morgan fingerprint density at radius 1 is 1.33 bits per heavy atom. The van der Waals surface area contributed by atoms with Crippen LogP contribution in [0, 0.1) is 0 Å². The summed E-state index contributed by atoms with van der Waals surface area (Å²) in [5.41, 5.74) is 0. The van der Waals surface area contributed by atoms with E-state index in [2.05, 4.69) is 0 Å². The number of aliphatic hydroxyl groups excluding tert-OH is 2. The lowest BCUT2D eigenvalue weighted by molar-refractivity contribution is -0.159. The van der Waals surface area contributed by atoms with E-state index in [9.17, 15) is 5.11 Å². The molecule has 72 valence electrons. The molecule has 2 N–H and O–H groups in total. The Balaban J connectivity index is 2.58. The molecule has 0 spiro atoms. The maximum Gasteiger partial charge on any atom is 0.186 e. The first-order valence-corrected chi connectivity index (χ1v) is 3.74. The molecule has 1 unspecified atom stereocenters. The van der Waals surface area contributed by atoms with Gasteiger partial charge in [0.15, 0.2) is 6.29 Å². The number of hydrogen-bond acceptors (Lipinski definition) is 5. The fraction of sp³-hybridized carbons (Fsp3) is 1.00. The molecule has 1 aliphatic rings. The van der Waals surface area contributed by atoms with Crippen molar-refractivity contribution in [1.82, 2.24) is 0 Å². The normalized spacial score (nSPS) is 42.0. The molecular weight excluding hydrogens is 164 g/mol. The van der Waals surface area contributed by atoms with E-state index in [0.29, 0.717) is 0 Å². The maximum absolute atomic E-state index is 9.46. The lowest BCUT2D eigenvalue weighted by Crippen LogP contribution is -2.35. The van der Waals surface area contributed by atoms with Crippen molar-refractivity contribution < 1.29 is 24.4 Å². The summed E-state index contributed by atoms with van der Waals surface area (Å²) in [5.74, 6) is 0. The van der Waals surface area contributed by atoms with Crippen LogP contribution in [0.2, 0.25) is 0 Å².